The molecule has 1 aliphatic heterocycles. The Morgan fingerprint density at radius 1 is 1.30 bits per heavy atom. The van der Waals surface area contributed by atoms with Gasteiger partial charge in [0, 0.05) is 28.9 Å². The molecule has 0 amide bonds. The maximum Gasteiger partial charge on any atom is 0.309 e. The third kappa shape index (κ3) is 1.10. The second-order valence-corrected chi connectivity index (χ2v) is 6.14. The van der Waals surface area contributed by atoms with Gasteiger partial charge in [0.05, 0.1) is 12.4 Å². The predicted octanol–water partition coefficient (Wildman–Crippen LogP) is 2.50. The second kappa shape index (κ2) is 3.43. The lowest BCUT2D eigenvalue weighted by Gasteiger charge is -1.94. The van der Waals surface area contributed by atoms with Crippen LogP contribution in [0.25, 0.3) is 32.0 Å². The van der Waals surface area contributed by atoms with Gasteiger partial charge in [-0.05, 0) is 12.1 Å². The van der Waals surface area contributed by atoms with E-state index in [1.165, 1.54) is 31.8 Å². The molecule has 0 unspecified atom stereocenters. The van der Waals surface area contributed by atoms with Gasteiger partial charge in [-0.3, -0.25) is 4.98 Å². The van der Waals surface area contributed by atoms with Gasteiger partial charge < -0.3 is 0 Å². The van der Waals surface area contributed by atoms with Crippen LogP contribution in [0.4, 0.5) is 0 Å². The molecule has 96 valence electrons. The number of rotatable bonds is 0. The average Bonchev–Trinajstić information content (AvgIpc) is 3.10. The van der Waals surface area contributed by atoms with E-state index in [9.17, 15) is 0 Å². The number of aryl methyl sites for hydroxylation is 1. The van der Waals surface area contributed by atoms with Gasteiger partial charge in [-0.1, -0.05) is 17.4 Å². The average molecular weight is 279 g/mol. The largest absolute Gasteiger partial charge is 0.309 e. The van der Waals surface area contributed by atoms with Crippen LogP contribution >= 0.6 is 11.3 Å². The summed E-state index contributed by atoms with van der Waals surface area (Å²) in [7, 11) is 2.12. The van der Waals surface area contributed by atoms with Crippen molar-refractivity contribution in [2.45, 2.75) is 6.54 Å². The minimum Gasteiger partial charge on any atom is -0.264 e. The fourth-order valence-electron chi connectivity index (χ4n) is 3.18. The molecular weight excluding hydrogens is 268 g/mol. The number of hydrogen-bond donors (Lipinski definition) is 0. The molecule has 4 nitrogen and oxygen atoms in total. The summed E-state index contributed by atoms with van der Waals surface area (Å²) in [5.74, 6) is 1.20. The first-order chi connectivity index (χ1) is 9.84. The summed E-state index contributed by atoms with van der Waals surface area (Å²) in [5.41, 5.74) is 3.68. The number of imidazole rings is 1. The third-order valence-corrected chi connectivity index (χ3v) is 5.21. The van der Waals surface area contributed by atoms with Crippen molar-refractivity contribution in [1.82, 2.24) is 14.5 Å². The highest BCUT2D eigenvalue weighted by Crippen LogP contribution is 2.36. The van der Waals surface area contributed by atoms with Gasteiger partial charge in [0.1, 0.15) is 6.54 Å². The van der Waals surface area contributed by atoms with Crippen LogP contribution in [0.2, 0.25) is 0 Å². The van der Waals surface area contributed by atoms with Crippen molar-refractivity contribution in [2.75, 3.05) is 0 Å². The molecule has 0 saturated heterocycles. The number of hydrogen-bond acceptors (Lipinski definition) is 3. The lowest BCUT2D eigenvalue weighted by atomic mass is 10.2. The van der Waals surface area contributed by atoms with Crippen LogP contribution in [-0.4, -0.2) is 14.5 Å². The van der Waals surface area contributed by atoms with E-state index >= 15 is 0 Å². The third-order valence-electron chi connectivity index (χ3n) is 4.03. The first-order valence-corrected chi connectivity index (χ1v) is 7.35. The Bertz CT molecular complexity index is 996. The molecular formula is C15H11N4S+. The lowest BCUT2D eigenvalue weighted by molar-refractivity contribution is -0.644. The molecule has 5 heteroatoms. The summed E-state index contributed by atoms with van der Waals surface area (Å²) in [6.45, 7) is 0.913. The van der Waals surface area contributed by atoms with Crippen molar-refractivity contribution in [3.63, 3.8) is 0 Å². The van der Waals surface area contributed by atoms with E-state index < -0.39 is 0 Å². The zero-order valence-electron chi connectivity index (χ0n) is 10.9. The lowest BCUT2D eigenvalue weighted by Crippen LogP contribution is -2.30. The molecule has 1 aliphatic rings. The van der Waals surface area contributed by atoms with Crippen LogP contribution in [0.3, 0.4) is 0 Å². The summed E-state index contributed by atoms with van der Waals surface area (Å²) in [5, 5.41) is 1.23. The normalized spacial score (nSPS) is 13.1. The Labute approximate surface area is 119 Å². The van der Waals surface area contributed by atoms with Gasteiger partial charge in [0.15, 0.2) is 11.2 Å². The Balaban J connectivity index is 1.98. The fraction of sp³-hybridized carbons (Fsp3) is 0.133. The molecule has 20 heavy (non-hydrogen) atoms. The Morgan fingerprint density at radius 2 is 2.25 bits per heavy atom. The molecule has 0 atom stereocenters. The maximum atomic E-state index is 4.56. The highest BCUT2D eigenvalue weighted by Gasteiger charge is 2.35. The molecule has 0 bridgehead atoms. The van der Waals surface area contributed by atoms with Crippen molar-refractivity contribution >= 4 is 31.8 Å². The van der Waals surface area contributed by atoms with Gasteiger partial charge >= 0.3 is 5.82 Å². The van der Waals surface area contributed by atoms with E-state index in [2.05, 4.69) is 38.3 Å². The molecule has 0 radical (unpaired) electrons. The smallest absolute Gasteiger partial charge is 0.264 e. The van der Waals surface area contributed by atoms with Crippen LogP contribution < -0.4 is 4.57 Å². The quantitative estimate of drug-likeness (QED) is 0.408. The van der Waals surface area contributed by atoms with Gasteiger partial charge in [0.2, 0.25) is 4.83 Å². The Hall–Kier alpha value is -2.27. The molecule has 5 heterocycles. The summed E-state index contributed by atoms with van der Waals surface area (Å²) >= 11 is 1.83. The van der Waals surface area contributed by atoms with E-state index in [1.54, 1.807) is 0 Å². The van der Waals surface area contributed by atoms with E-state index in [0.29, 0.717) is 0 Å². The molecule has 0 saturated carbocycles. The van der Waals surface area contributed by atoms with Crippen molar-refractivity contribution in [3.05, 3.63) is 42.4 Å². The first-order valence-electron chi connectivity index (χ1n) is 6.53. The highest BCUT2D eigenvalue weighted by molar-refractivity contribution is 7.25. The van der Waals surface area contributed by atoms with Crippen molar-refractivity contribution in [3.8, 4) is 11.5 Å². The monoisotopic (exact) mass is 279 g/mol. The molecule has 5 rings (SSSR count). The fourth-order valence-corrected chi connectivity index (χ4v) is 4.38. The zero-order chi connectivity index (χ0) is 13.3. The van der Waals surface area contributed by atoms with Crippen LogP contribution in [0.5, 0.6) is 0 Å². The van der Waals surface area contributed by atoms with E-state index in [4.69, 9.17) is 0 Å². The number of aromatic nitrogens is 4. The summed E-state index contributed by atoms with van der Waals surface area (Å²) in [6.07, 6.45) is 5.69. The molecule has 4 aromatic rings. The van der Waals surface area contributed by atoms with Gasteiger partial charge in [0.25, 0.3) is 0 Å². The van der Waals surface area contributed by atoms with E-state index in [1.807, 2.05) is 36.0 Å². The van der Waals surface area contributed by atoms with Crippen molar-refractivity contribution in [1.29, 1.82) is 0 Å². The summed E-state index contributed by atoms with van der Waals surface area (Å²) < 4.78 is 5.92. The van der Waals surface area contributed by atoms with Gasteiger partial charge in [-0.15, -0.1) is 0 Å². The molecule has 0 fully saturated rings. The van der Waals surface area contributed by atoms with Crippen molar-refractivity contribution in [2.24, 2.45) is 7.05 Å². The summed E-state index contributed by atoms with van der Waals surface area (Å²) in [6, 6.07) is 6.26. The minimum absolute atomic E-state index is 0.913. The van der Waals surface area contributed by atoms with Crippen LogP contribution in [0, 0.1) is 0 Å². The number of nitrogens with zero attached hydrogens (tertiary/aromatic N) is 4. The molecule has 0 aliphatic carbocycles. The van der Waals surface area contributed by atoms with Gasteiger partial charge in [-0.25, -0.2) is 14.1 Å². The molecule has 4 aromatic heterocycles. The van der Waals surface area contributed by atoms with Crippen LogP contribution in [0.15, 0.2) is 36.8 Å². The SMILES string of the molecule is Cn1c2[n+](c3sc4ccncc4c31)Cc1cccnc1-2. The standard InChI is InChI=1S/C15H11N4S/c1-18-13-10-7-16-6-4-11(10)20-15(13)19-8-9-3-2-5-17-12(9)14(18)19/h2-7H,8H2,1H3/q+1. The topological polar surface area (TPSA) is 34.6 Å². The Kier molecular flexibility index (Phi) is 1.80. The second-order valence-electron chi connectivity index (χ2n) is 5.11. The number of thiophene rings is 1. The highest BCUT2D eigenvalue weighted by atomic mass is 32.1. The number of fused-ring (bicyclic) bond motifs is 7. The minimum atomic E-state index is 0.913. The van der Waals surface area contributed by atoms with E-state index in [-0.39, 0.29) is 0 Å². The molecule has 0 aromatic carbocycles. The van der Waals surface area contributed by atoms with E-state index in [0.717, 1.165) is 12.2 Å². The van der Waals surface area contributed by atoms with Crippen molar-refractivity contribution < 1.29 is 4.57 Å². The van der Waals surface area contributed by atoms with Gasteiger partial charge in [-0.2, -0.15) is 0 Å². The number of pyridine rings is 2. The molecule has 0 N–H and O–H groups in total. The van der Waals surface area contributed by atoms with Crippen LogP contribution in [-0.2, 0) is 13.6 Å². The first kappa shape index (κ1) is 10.5. The summed E-state index contributed by atoms with van der Waals surface area (Å²) in [4.78, 5) is 10.1. The Morgan fingerprint density at radius 3 is 3.20 bits per heavy atom. The maximum absolute atomic E-state index is 4.56. The molecule has 0 spiro atoms. The predicted molar refractivity (Wildman–Crippen MR) is 78.6 cm³/mol. The van der Waals surface area contributed by atoms with Crippen LogP contribution in [0.1, 0.15) is 5.56 Å². The zero-order valence-corrected chi connectivity index (χ0v) is 11.7.